The van der Waals surface area contributed by atoms with Gasteiger partial charge in [-0.25, -0.2) is 0 Å². The van der Waals surface area contributed by atoms with Crippen molar-refractivity contribution in [1.82, 2.24) is 14.9 Å². The van der Waals surface area contributed by atoms with Gasteiger partial charge in [0, 0.05) is 0 Å². The number of aldehydes is 1. The number of nitrogen functional groups attached to an aromatic ring is 1. The molecular formula is C18H26N6O3. The molecule has 0 amide bonds. The Balaban J connectivity index is 1.83. The Bertz CT molecular complexity index is 791. The molecule has 0 spiro atoms. The lowest BCUT2D eigenvalue weighted by Gasteiger charge is -2.20. The first kappa shape index (κ1) is 19.0. The maximum Gasteiger partial charge on any atom is 0.320 e. The van der Waals surface area contributed by atoms with Crippen LogP contribution in [0.25, 0.3) is 0 Å². The maximum atomic E-state index is 11.6. The second-order valence-electron chi connectivity index (χ2n) is 6.75. The number of anilines is 3. The van der Waals surface area contributed by atoms with Gasteiger partial charge in [0.05, 0.1) is 19.7 Å². The van der Waals surface area contributed by atoms with Crippen LogP contribution in [0.3, 0.4) is 0 Å². The van der Waals surface area contributed by atoms with Gasteiger partial charge < -0.3 is 30.0 Å². The highest BCUT2D eigenvalue weighted by Crippen LogP contribution is 2.38. The highest BCUT2D eigenvalue weighted by Gasteiger charge is 2.33. The first-order valence-electron chi connectivity index (χ1n) is 9.03. The molecule has 0 fully saturated rings. The molecule has 0 radical (unpaired) electrons. The molecule has 9 heteroatoms. The predicted octanol–water partition coefficient (Wildman–Crippen LogP) is 1.85. The van der Waals surface area contributed by atoms with E-state index in [0.717, 1.165) is 30.6 Å². The van der Waals surface area contributed by atoms with E-state index in [1.165, 1.54) is 0 Å². The minimum atomic E-state index is -0.593. The highest BCUT2D eigenvalue weighted by atomic mass is 16.5. The zero-order chi connectivity index (χ0) is 19.4. The zero-order valence-corrected chi connectivity index (χ0v) is 15.9. The summed E-state index contributed by atoms with van der Waals surface area (Å²) < 4.78 is 11.5. The molecule has 2 aromatic heterocycles. The molecule has 0 aromatic carbocycles. The molecule has 0 aliphatic carbocycles. The van der Waals surface area contributed by atoms with Crippen molar-refractivity contribution >= 4 is 23.6 Å². The predicted molar refractivity (Wildman–Crippen MR) is 103 cm³/mol. The van der Waals surface area contributed by atoms with E-state index in [-0.39, 0.29) is 11.8 Å². The molecule has 9 nitrogen and oxygen atoms in total. The van der Waals surface area contributed by atoms with E-state index in [9.17, 15) is 4.79 Å². The van der Waals surface area contributed by atoms with Crippen LogP contribution >= 0.6 is 0 Å². The number of nitrogens with two attached hydrogens (primary N) is 1. The number of aromatic nitrogens is 2. The third kappa shape index (κ3) is 4.30. The van der Waals surface area contributed by atoms with Gasteiger partial charge in [-0.2, -0.15) is 9.97 Å². The average Bonchev–Trinajstić information content (AvgIpc) is 3.20. The molecule has 1 unspecified atom stereocenters. The Morgan fingerprint density at radius 3 is 2.85 bits per heavy atom. The van der Waals surface area contributed by atoms with Crippen LogP contribution in [0, 0.1) is 0 Å². The molecule has 3 heterocycles. The lowest BCUT2D eigenvalue weighted by molar-refractivity contribution is -0.108. The number of unbranched alkanes of at least 4 members (excludes halogenated alkanes) is 1. The van der Waals surface area contributed by atoms with E-state index in [2.05, 4.69) is 22.2 Å². The summed E-state index contributed by atoms with van der Waals surface area (Å²) in [5, 5.41) is 3.06. The van der Waals surface area contributed by atoms with Crippen molar-refractivity contribution in [2.45, 2.75) is 39.0 Å². The van der Waals surface area contributed by atoms with Crippen LogP contribution < -0.4 is 20.7 Å². The van der Waals surface area contributed by atoms with Gasteiger partial charge in [0.1, 0.15) is 17.2 Å². The fourth-order valence-corrected chi connectivity index (χ4v) is 2.87. The van der Waals surface area contributed by atoms with E-state index >= 15 is 0 Å². The summed E-state index contributed by atoms with van der Waals surface area (Å²) in [6.07, 6.45) is 2.13. The molecule has 0 saturated heterocycles. The highest BCUT2D eigenvalue weighted by molar-refractivity contribution is 5.87. The molecule has 146 valence electrons. The zero-order valence-electron chi connectivity index (χ0n) is 15.9. The first-order chi connectivity index (χ1) is 13.0. The Kier molecular flexibility index (Phi) is 5.80. The van der Waals surface area contributed by atoms with Crippen molar-refractivity contribution < 1.29 is 13.9 Å². The summed E-state index contributed by atoms with van der Waals surface area (Å²) in [6, 6.07) is 4.05. The molecular weight excluding hydrogens is 348 g/mol. The Labute approximate surface area is 158 Å². The smallest absolute Gasteiger partial charge is 0.320 e. The third-order valence-corrected chi connectivity index (χ3v) is 4.17. The Hall–Kier alpha value is -2.81. The van der Waals surface area contributed by atoms with Crippen LogP contribution in [0.5, 0.6) is 6.01 Å². The van der Waals surface area contributed by atoms with Gasteiger partial charge in [-0.05, 0) is 32.6 Å². The van der Waals surface area contributed by atoms with Gasteiger partial charge in [0.2, 0.25) is 0 Å². The normalized spacial score (nSPS) is 15.7. The first-order valence-corrected chi connectivity index (χ1v) is 9.03. The number of furan rings is 1. The molecule has 1 aliphatic rings. The van der Waals surface area contributed by atoms with E-state index in [4.69, 9.17) is 14.9 Å². The topological polar surface area (TPSA) is 110 Å². The van der Waals surface area contributed by atoms with E-state index in [1.807, 2.05) is 31.1 Å². The number of nitrogens with zero attached hydrogens (tertiary/aromatic N) is 4. The summed E-state index contributed by atoms with van der Waals surface area (Å²) >= 11 is 0. The maximum absolute atomic E-state index is 11.6. The lowest BCUT2D eigenvalue weighted by Crippen LogP contribution is -2.36. The summed E-state index contributed by atoms with van der Waals surface area (Å²) in [5.41, 5.74) is 6.58. The van der Waals surface area contributed by atoms with Crippen molar-refractivity contribution in [3.63, 3.8) is 0 Å². The summed E-state index contributed by atoms with van der Waals surface area (Å²) in [5.74, 6) is 2.39. The number of hydrogen-bond acceptors (Lipinski definition) is 9. The van der Waals surface area contributed by atoms with E-state index in [0.29, 0.717) is 31.2 Å². The molecule has 3 rings (SSSR count). The van der Waals surface area contributed by atoms with Gasteiger partial charge in [-0.15, -0.1) is 0 Å². The largest absolute Gasteiger partial charge is 0.463 e. The summed E-state index contributed by atoms with van der Waals surface area (Å²) in [7, 11) is 3.95. The number of hydrogen-bond donors (Lipinski definition) is 2. The van der Waals surface area contributed by atoms with Gasteiger partial charge in [0.25, 0.3) is 0 Å². The van der Waals surface area contributed by atoms with Gasteiger partial charge >= 0.3 is 6.01 Å². The second kappa shape index (κ2) is 8.26. The molecule has 0 bridgehead atoms. The summed E-state index contributed by atoms with van der Waals surface area (Å²) in [4.78, 5) is 24.0. The quantitative estimate of drug-likeness (QED) is 0.502. The SMILES string of the molecule is CCCCOc1nc(N)c2c(n1)N(Cc1ccc(CN(C)C)o1)C(C=O)N2. The van der Waals surface area contributed by atoms with Crippen LogP contribution in [0.2, 0.25) is 0 Å². The summed E-state index contributed by atoms with van der Waals surface area (Å²) in [6.45, 7) is 3.68. The van der Waals surface area contributed by atoms with E-state index in [1.54, 1.807) is 4.90 Å². The number of carbonyl (C=O) groups excluding carboxylic acids is 1. The molecule has 27 heavy (non-hydrogen) atoms. The standard InChI is InChI=1S/C18H26N6O3/c1-4-5-8-26-18-21-16(19)15-17(22-18)24(14(11-25)20-15)10-13-7-6-12(27-13)9-23(2)3/h6-7,11,14,20H,4-5,8-10H2,1-3H3,(H2,19,21,22). The molecule has 2 aromatic rings. The van der Waals surface area contributed by atoms with Crippen LogP contribution in [0.4, 0.5) is 17.3 Å². The van der Waals surface area contributed by atoms with Crippen molar-refractivity contribution in [2.75, 3.05) is 36.7 Å². The fraction of sp³-hybridized carbons (Fsp3) is 0.500. The minimum Gasteiger partial charge on any atom is -0.463 e. The minimum absolute atomic E-state index is 0.214. The number of nitrogens with one attached hydrogen (secondary N) is 1. The lowest BCUT2D eigenvalue weighted by atomic mass is 10.3. The average molecular weight is 374 g/mol. The molecule has 1 aliphatic heterocycles. The van der Waals surface area contributed by atoms with Crippen LogP contribution in [0.15, 0.2) is 16.5 Å². The number of ether oxygens (including phenoxy) is 1. The van der Waals surface area contributed by atoms with Gasteiger partial charge in [-0.1, -0.05) is 13.3 Å². The van der Waals surface area contributed by atoms with Gasteiger partial charge in [0.15, 0.2) is 24.1 Å². The Morgan fingerprint density at radius 2 is 2.15 bits per heavy atom. The third-order valence-electron chi connectivity index (χ3n) is 4.17. The van der Waals surface area contributed by atoms with Crippen LogP contribution in [-0.2, 0) is 17.9 Å². The van der Waals surface area contributed by atoms with Crippen molar-refractivity contribution in [3.05, 3.63) is 23.7 Å². The molecule has 1 atom stereocenters. The number of carbonyl (C=O) groups is 1. The van der Waals surface area contributed by atoms with Crippen molar-refractivity contribution in [3.8, 4) is 6.01 Å². The van der Waals surface area contributed by atoms with E-state index < -0.39 is 6.17 Å². The fourth-order valence-electron chi connectivity index (χ4n) is 2.87. The molecule has 0 saturated carbocycles. The van der Waals surface area contributed by atoms with Crippen molar-refractivity contribution in [1.29, 1.82) is 0 Å². The monoisotopic (exact) mass is 374 g/mol. The number of fused-ring (bicyclic) bond motifs is 1. The van der Waals surface area contributed by atoms with Gasteiger partial charge in [-0.3, -0.25) is 4.79 Å². The van der Waals surface area contributed by atoms with Crippen LogP contribution in [0.1, 0.15) is 31.3 Å². The van der Waals surface area contributed by atoms with Crippen molar-refractivity contribution in [2.24, 2.45) is 0 Å². The second-order valence-corrected chi connectivity index (χ2v) is 6.75. The van der Waals surface area contributed by atoms with Crippen LogP contribution in [-0.4, -0.2) is 48.0 Å². The Morgan fingerprint density at radius 1 is 1.37 bits per heavy atom. The number of rotatable bonds is 9. The molecule has 3 N–H and O–H groups in total.